The van der Waals surface area contributed by atoms with Crippen LogP contribution in [0.3, 0.4) is 0 Å². The minimum atomic E-state index is -0.0520. The summed E-state index contributed by atoms with van der Waals surface area (Å²) in [4.78, 5) is 13.9. The van der Waals surface area contributed by atoms with Crippen molar-refractivity contribution in [2.24, 2.45) is 11.3 Å². The number of carbonyl (C=O) groups excluding carboxylic acids is 1. The summed E-state index contributed by atoms with van der Waals surface area (Å²) in [5.74, 6) is 1.23. The fourth-order valence-electron chi connectivity index (χ4n) is 4.38. The van der Waals surface area contributed by atoms with Gasteiger partial charge in [-0.3, -0.25) is 4.79 Å². The maximum atomic E-state index is 12.9. The van der Waals surface area contributed by atoms with Crippen molar-refractivity contribution in [2.45, 2.75) is 56.8 Å². The van der Waals surface area contributed by atoms with E-state index in [2.05, 4.69) is 26.1 Å². The maximum Gasteiger partial charge on any atom is 0.252 e. The molecular formula is C20H29NO3S. The number of amides is 1. The fourth-order valence-corrected chi connectivity index (χ4v) is 5.50. The Bertz CT molecular complexity index is 613. The normalized spacial score (nSPS) is 30.7. The Morgan fingerprint density at radius 1 is 1.40 bits per heavy atom. The molecule has 0 spiro atoms. The number of hydrogen-bond donors (Lipinski definition) is 1. The smallest absolute Gasteiger partial charge is 0.252 e. The van der Waals surface area contributed by atoms with Crippen LogP contribution in [0.25, 0.3) is 0 Å². The molecule has 1 aromatic rings. The zero-order chi connectivity index (χ0) is 18.0. The van der Waals surface area contributed by atoms with Crippen molar-refractivity contribution in [3.63, 3.8) is 0 Å². The number of thioether (sulfide) groups is 1. The highest BCUT2D eigenvalue weighted by atomic mass is 32.2. The number of hydrogen-bond acceptors (Lipinski definition) is 4. The zero-order valence-corrected chi connectivity index (χ0v) is 16.4. The molecule has 3 rings (SSSR count). The summed E-state index contributed by atoms with van der Waals surface area (Å²) < 4.78 is 11.3. The number of benzene rings is 1. The van der Waals surface area contributed by atoms with E-state index < -0.39 is 0 Å². The van der Waals surface area contributed by atoms with Gasteiger partial charge in [0.2, 0.25) is 0 Å². The molecule has 1 aliphatic carbocycles. The molecule has 0 radical (unpaired) electrons. The van der Waals surface area contributed by atoms with Gasteiger partial charge in [0.05, 0.1) is 17.8 Å². The van der Waals surface area contributed by atoms with E-state index in [0.29, 0.717) is 12.0 Å². The Kier molecular flexibility index (Phi) is 5.76. The Morgan fingerprint density at radius 2 is 2.16 bits per heavy atom. The molecule has 1 heterocycles. The summed E-state index contributed by atoms with van der Waals surface area (Å²) in [5, 5.41) is 3.24. The molecule has 138 valence electrons. The van der Waals surface area contributed by atoms with Crippen LogP contribution in [0.1, 0.15) is 44.0 Å². The van der Waals surface area contributed by atoms with Crippen molar-refractivity contribution < 1.29 is 14.3 Å². The summed E-state index contributed by atoms with van der Waals surface area (Å²) in [6.45, 7) is 7.32. The predicted octanol–water partition coefficient (Wildman–Crippen LogP) is 3.75. The van der Waals surface area contributed by atoms with Crippen LogP contribution in [0.15, 0.2) is 29.2 Å². The average Bonchev–Trinajstić information content (AvgIpc) is 3.11. The van der Waals surface area contributed by atoms with E-state index in [9.17, 15) is 4.79 Å². The van der Waals surface area contributed by atoms with Crippen molar-refractivity contribution >= 4 is 17.7 Å². The lowest BCUT2D eigenvalue weighted by atomic mass is 9.58. The third-order valence-electron chi connectivity index (χ3n) is 5.66. The van der Waals surface area contributed by atoms with E-state index in [1.807, 2.05) is 24.3 Å². The molecule has 0 aromatic heterocycles. The lowest BCUT2D eigenvalue weighted by Crippen LogP contribution is -2.67. The largest absolute Gasteiger partial charge is 0.380 e. The summed E-state index contributed by atoms with van der Waals surface area (Å²) in [6.07, 6.45) is 2.76. The molecule has 4 unspecified atom stereocenters. The molecule has 1 aromatic carbocycles. The third-order valence-corrected chi connectivity index (χ3v) is 6.86. The molecule has 1 amide bonds. The van der Waals surface area contributed by atoms with Crippen molar-refractivity contribution in [2.75, 3.05) is 19.5 Å². The van der Waals surface area contributed by atoms with Crippen molar-refractivity contribution in [1.29, 1.82) is 0 Å². The molecule has 1 N–H and O–H groups in total. The highest BCUT2D eigenvalue weighted by Gasteiger charge is 2.55. The summed E-state index contributed by atoms with van der Waals surface area (Å²) in [7, 11) is 1.75. The quantitative estimate of drug-likeness (QED) is 0.782. The predicted molar refractivity (Wildman–Crippen MR) is 101 cm³/mol. The first kappa shape index (κ1) is 18.7. The third kappa shape index (κ3) is 3.74. The molecular weight excluding hydrogens is 334 g/mol. The Balaban J connectivity index is 1.66. The molecule has 1 saturated heterocycles. The van der Waals surface area contributed by atoms with Gasteiger partial charge in [-0.15, -0.1) is 11.8 Å². The van der Waals surface area contributed by atoms with E-state index in [0.717, 1.165) is 35.7 Å². The minimum Gasteiger partial charge on any atom is -0.380 e. The Hall–Kier alpha value is -1.04. The van der Waals surface area contributed by atoms with Gasteiger partial charge < -0.3 is 14.8 Å². The number of nitrogens with one attached hydrogen (secondary N) is 1. The maximum absolute atomic E-state index is 12.9. The first-order chi connectivity index (χ1) is 11.9. The first-order valence-corrected chi connectivity index (χ1v) is 10.1. The minimum absolute atomic E-state index is 0.00918. The molecule has 25 heavy (non-hydrogen) atoms. The van der Waals surface area contributed by atoms with E-state index >= 15 is 0 Å². The molecule has 4 nitrogen and oxygen atoms in total. The average molecular weight is 364 g/mol. The van der Waals surface area contributed by atoms with Gasteiger partial charge in [-0.25, -0.2) is 0 Å². The van der Waals surface area contributed by atoms with E-state index in [1.54, 1.807) is 18.9 Å². The van der Waals surface area contributed by atoms with Crippen LogP contribution in [0, 0.1) is 11.3 Å². The van der Waals surface area contributed by atoms with Crippen LogP contribution in [-0.2, 0) is 9.47 Å². The Morgan fingerprint density at radius 3 is 2.80 bits per heavy atom. The van der Waals surface area contributed by atoms with Crippen LogP contribution in [0.5, 0.6) is 0 Å². The monoisotopic (exact) mass is 363 g/mol. The molecule has 0 bridgehead atoms. The summed E-state index contributed by atoms with van der Waals surface area (Å²) in [6, 6.07) is 7.99. The van der Waals surface area contributed by atoms with Gasteiger partial charge in [0, 0.05) is 41.7 Å². The molecule has 1 saturated carbocycles. The number of rotatable bonds is 6. The molecule has 2 fully saturated rings. The van der Waals surface area contributed by atoms with Gasteiger partial charge in [0.1, 0.15) is 0 Å². The lowest BCUT2D eigenvalue weighted by Gasteiger charge is -2.56. The molecule has 1 aliphatic heterocycles. The van der Waals surface area contributed by atoms with Crippen LogP contribution in [0.2, 0.25) is 0 Å². The highest BCUT2D eigenvalue weighted by molar-refractivity contribution is 7.99. The zero-order valence-electron chi connectivity index (χ0n) is 15.6. The van der Waals surface area contributed by atoms with E-state index in [4.69, 9.17) is 9.47 Å². The van der Waals surface area contributed by atoms with Crippen molar-refractivity contribution in [3.05, 3.63) is 29.8 Å². The number of ether oxygens (including phenoxy) is 2. The summed E-state index contributed by atoms with van der Waals surface area (Å²) in [5.41, 5.74) is 0.707. The second kappa shape index (κ2) is 7.68. The van der Waals surface area contributed by atoms with Gasteiger partial charge in [0.25, 0.3) is 5.91 Å². The van der Waals surface area contributed by atoms with Crippen LogP contribution in [-0.4, -0.2) is 43.6 Å². The highest BCUT2D eigenvalue weighted by Crippen LogP contribution is 2.47. The van der Waals surface area contributed by atoms with E-state index in [-0.39, 0.29) is 23.5 Å². The lowest BCUT2D eigenvalue weighted by molar-refractivity contribution is -0.141. The van der Waals surface area contributed by atoms with Gasteiger partial charge in [-0.1, -0.05) is 32.9 Å². The number of methoxy groups -OCH3 is 1. The second-order valence-corrected chi connectivity index (χ2v) is 8.79. The standard InChI is InChI=1S/C20H29NO3S/c1-13-17(20(2,3)18(13)23-4)21-19(22)15-9-5-6-10-16(15)25-12-14-8-7-11-24-14/h5-6,9-10,13-14,17-18H,7-8,11-12H2,1-4H3,(H,21,22). The molecule has 2 aliphatic rings. The molecule has 5 heteroatoms. The van der Waals surface area contributed by atoms with Gasteiger partial charge in [-0.05, 0) is 25.0 Å². The fraction of sp³-hybridized carbons (Fsp3) is 0.650. The van der Waals surface area contributed by atoms with Gasteiger partial charge in [0.15, 0.2) is 0 Å². The Labute approximate surface area is 155 Å². The molecule has 4 atom stereocenters. The number of carbonyl (C=O) groups is 1. The van der Waals surface area contributed by atoms with E-state index in [1.165, 1.54) is 0 Å². The van der Waals surface area contributed by atoms with Gasteiger partial charge >= 0.3 is 0 Å². The van der Waals surface area contributed by atoms with Crippen molar-refractivity contribution in [1.82, 2.24) is 5.32 Å². The SMILES string of the molecule is COC1C(C)C(NC(=O)c2ccccc2SCC2CCCO2)C1(C)C. The van der Waals surface area contributed by atoms with Crippen LogP contribution >= 0.6 is 11.8 Å². The van der Waals surface area contributed by atoms with Crippen molar-refractivity contribution in [3.8, 4) is 0 Å². The first-order valence-electron chi connectivity index (χ1n) is 9.12. The van der Waals surface area contributed by atoms with Crippen LogP contribution < -0.4 is 5.32 Å². The second-order valence-electron chi connectivity index (χ2n) is 7.73. The summed E-state index contributed by atoms with van der Waals surface area (Å²) >= 11 is 1.72. The van der Waals surface area contributed by atoms with Crippen LogP contribution in [0.4, 0.5) is 0 Å². The van der Waals surface area contributed by atoms with Gasteiger partial charge in [-0.2, -0.15) is 0 Å². The topological polar surface area (TPSA) is 47.6 Å².